The van der Waals surface area contributed by atoms with Crippen LogP contribution < -0.4 is 24.7 Å². The maximum Gasteiger partial charge on any atom is 0.419 e. The van der Waals surface area contributed by atoms with Gasteiger partial charge in [0, 0.05) is 10.9 Å². The number of hydrogen-bond donors (Lipinski definition) is 1. The van der Waals surface area contributed by atoms with E-state index in [4.69, 9.17) is 29.4 Å². The van der Waals surface area contributed by atoms with Gasteiger partial charge in [-0.15, -0.1) is 0 Å². The van der Waals surface area contributed by atoms with Gasteiger partial charge in [0.25, 0.3) is 0 Å². The number of hydrogen-bond acceptors (Lipinski definition) is 8. The Balaban J connectivity index is 2.32. The fourth-order valence-corrected chi connectivity index (χ4v) is 3.44. The zero-order valence-electron chi connectivity index (χ0n) is 18.0. The van der Waals surface area contributed by atoms with Gasteiger partial charge in [-0.1, -0.05) is 12.1 Å². The van der Waals surface area contributed by atoms with E-state index in [2.05, 4.69) is 0 Å². The summed E-state index contributed by atoms with van der Waals surface area (Å²) in [6, 6.07) is 8.09. The fourth-order valence-electron chi connectivity index (χ4n) is 3.44. The van der Waals surface area contributed by atoms with Crippen molar-refractivity contribution in [2.24, 2.45) is 0 Å². The normalized spacial score (nSPS) is 10.6. The minimum absolute atomic E-state index is 0.0489. The molecular weight excluding hydrogens is 404 g/mol. The van der Waals surface area contributed by atoms with Gasteiger partial charge < -0.3 is 29.4 Å². The average Bonchev–Trinajstić information content (AvgIpc) is 3.10. The Kier molecular flexibility index (Phi) is 6.24. The Morgan fingerprint density at radius 3 is 2.06 bits per heavy atom. The Hall–Kier alpha value is -3.88. The Bertz CT molecular complexity index is 1130. The van der Waals surface area contributed by atoms with Crippen LogP contribution in [0, 0.1) is 0 Å². The van der Waals surface area contributed by atoms with Crippen LogP contribution in [0.15, 0.2) is 30.3 Å². The third kappa shape index (κ3) is 3.58. The number of ether oxygens (including phenoxy) is 5. The molecule has 0 radical (unpaired) electrons. The molecule has 1 heterocycles. The van der Waals surface area contributed by atoms with E-state index in [0.29, 0.717) is 33.9 Å². The van der Waals surface area contributed by atoms with Crippen molar-refractivity contribution in [2.45, 2.75) is 6.92 Å². The number of carbonyl (C=O) groups is 2. The van der Waals surface area contributed by atoms with Crippen molar-refractivity contribution in [3.8, 4) is 23.0 Å². The van der Waals surface area contributed by atoms with Gasteiger partial charge in [0.1, 0.15) is 17.0 Å². The van der Waals surface area contributed by atoms with Gasteiger partial charge in [-0.05, 0) is 25.1 Å². The van der Waals surface area contributed by atoms with Gasteiger partial charge in [-0.2, -0.15) is 0 Å². The van der Waals surface area contributed by atoms with E-state index in [1.165, 1.54) is 40.6 Å². The van der Waals surface area contributed by atoms with Gasteiger partial charge in [-0.3, -0.25) is 4.79 Å². The second-order valence-electron chi connectivity index (χ2n) is 6.40. The lowest BCUT2D eigenvalue weighted by molar-refractivity contribution is 0.102. The van der Waals surface area contributed by atoms with Crippen LogP contribution in [-0.4, -0.2) is 51.5 Å². The van der Waals surface area contributed by atoms with Crippen molar-refractivity contribution in [2.75, 3.05) is 40.8 Å². The minimum atomic E-state index is -0.746. The number of para-hydroxylation sites is 1. The molecule has 0 aliphatic rings. The lowest BCUT2D eigenvalue weighted by Crippen LogP contribution is -2.20. The third-order valence-electron chi connectivity index (χ3n) is 4.80. The minimum Gasteiger partial charge on any atom is -0.495 e. The van der Waals surface area contributed by atoms with Gasteiger partial charge in [-0.25, -0.2) is 9.36 Å². The molecule has 0 bridgehead atoms. The van der Waals surface area contributed by atoms with Crippen molar-refractivity contribution >= 4 is 28.5 Å². The number of nitrogens with zero attached hydrogens (tertiary/aromatic N) is 1. The Morgan fingerprint density at radius 2 is 1.55 bits per heavy atom. The lowest BCUT2D eigenvalue weighted by atomic mass is 10.1. The zero-order chi connectivity index (χ0) is 22.7. The number of ketones is 1. The molecule has 9 heteroatoms. The summed E-state index contributed by atoms with van der Waals surface area (Å²) in [6.07, 6.45) is -0.746. The molecule has 0 amide bonds. The van der Waals surface area contributed by atoms with E-state index in [1.54, 1.807) is 25.1 Å². The number of nitrogens with two attached hydrogens (primary N) is 1. The van der Waals surface area contributed by atoms with Gasteiger partial charge in [0.05, 0.1) is 40.7 Å². The number of rotatable bonds is 7. The number of fused-ring (bicyclic) bond motifs is 1. The second-order valence-corrected chi connectivity index (χ2v) is 6.40. The molecule has 2 N–H and O–H groups in total. The number of benzene rings is 2. The molecule has 0 spiro atoms. The molecule has 3 rings (SSSR count). The molecule has 0 unspecified atom stereocenters. The number of methoxy groups -OCH3 is 4. The summed E-state index contributed by atoms with van der Waals surface area (Å²) in [4.78, 5) is 26.5. The first-order valence-corrected chi connectivity index (χ1v) is 9.42. The summed E-state index contributed by atoms with van der Waals surface area (Å²) in [5, 5.41) is 0.489. The molecule has 0 fully saturated rings. The van der Waals surface area contributed by atoms with Crippen LogP contribution in [0.1, 0.15) is 23.0 Å². The molecule has 1 aromatic heterocycles. The molecule has 2 aromatic carbocycles. The largest absolute Gasteiger partial charge is 0.495 e. The standard InChI is InChI=1S/C22H24N2O7/c1-6-31-22(26)24-18-13(8-7-9-14(18)27-2)17(23)19(24)20(25)12-10-15(28-3)21(30-5)16(11-12)29-4/h7-11H,6,23H2,1-5H3. The molecular formula is C22H24N2O7. The topological polar surface area (TPSA) is 111 Å². The molecule has 9 nitrogen and oxygen atoms in total. The van der Waals surface area contributed by atoms with E-state index in [9.17, 15) is 9.59 Å². The van der Waals surface area contributed by atoms with Crippen LogP contribution in [0.4, 0.5) is 10.5 Å². The highest BCUT2D eigenvalue weighted by Gasteiger charge is 2.29. The van der Waals surface area contributed by atoms with E-state index in [1.807, 2.05) is 0 Å². The van der Waals surface area contributed by atoms with Crippen LogP contribution in [0.3, 0.4) is 0 Å². The number of aromatic nitrogens is 1. The summed E-state index contributed by atoms with van der Waals surface area (Å²) >= 11 is 0. The number of anilines is 1. The molecule has 3 aromatic rings. The van der Waals surface area contributed by atoms with Crippen LogP contribution in [0.2, 0.25) is 0 Å². The quantitative estimate of drug-likeness (QED) is 0.569. The first-order chi connectivity index (χ1) is 14.9. The lowest BCUT2D eigenvalue weighted by Gasteiger charge is -2.15. The van der Waals surface area contributed by atoms with Crippen LogP contribution in [0.5, 0.6) is 23.0 Å². The summed E-state index contributed by atoms with van der Waals surface area (Å²) in [5.41, 5.74) is 6.95. The van der Waals surface area contributed by atoms with Gasteiger partial charge in [0.2, 0.25) is 11.5 Å². The maximum absolute atomic E-state index is 13.6. The fraction of sp³-hybridized carbons (Fsp3) is 0.273. The van der Waals surface area contributed by atoms with Crippen molar-refractivity contribution in [1.29, 1.82) is 0 Å². The summed E-state index contributed by atoms with van der Waals surface area (Å²) in [5.74, 6) is 0.770. The first-order valence-electron chi connectivity index (χ1n) is 9.42. The van der Waals surface area contributed by atoms with Crippen molar-refractivity contribution in [3.05, 3.63) is 41.6 Å². The first kappa shape index (κ1) is 21.8. The van der Waals surface area contributed by atoms with Crippen molar-refractivity contribution in [1.82, 2.24) is 4.57 Å². The highest BCUT2D eigenvalue weighted by atomic mass is 16.5. The summed E-state index contributed by atoms with van der Waals surface area (Å²) in [6.45, 7) is 1.79. The predicted octanol–water partition coefficient (Wildman–Crippen LogP) is 3.49. The molecule has 0 aliphatic heterocycles. The molecule has 0 saturated carbocycles. The SMILES string of the molecule is CCOC(=O)n1c(C(=O)c2cc(OC)c(OC)c(OC)c2)c(N)c2cccc(OC)c21. The van der Waals surface area contributed by atoms with Crippen molar-refractivity contribution in [3.63, 3.8) is 0 Å². The second kappa shape index (κ2) is 8.86. The summed E-state index contributed by atoms with van der Waals surface area (Å²) < 4.78 is 27.7. The van der Waals surface area contributed by atoms with Crippen LogP contribution >= 0.6 is 0 Å². The number of nitrogen functional groups attached to an aromatic ring is 1. The highest BCUT2D eigenvalue weighted by molar-refractivity contribution is 6.19. The summed E-state index contributed by atoms with van der Waals surface area (Å²) in [7, 11) is 5.82. The molecule has 0 atom stereocenters. The van der Waals surface area contributed by atoms with E-state index >= 15 is 0 Å². The van der Waals surface area contributed by atoms with E-state index in [0.717, 1.165) is 4.57 Å². The maximum atomic E-state index is 13.6. The zero-order valence-corrected chi connectivity index (χ0v) is 18.0. The molecule has 31 heavy (non-hydrogen) atoms. The van der Waals surface area contributed by atoms with Crippen LogP contribution in [0.25, 0.3) is 10.9 Å². The predicted molar refractivity (Wildman–Crippen MR) is 115 cm³/mol. The van der Waals surface area contributed by atoms with Gasteiger partial charge in [0.15, 0.2) is 11.5 Å². The van der Waals surface area contributed by atoms with Crippen molar-refractivity contribution < 1.29 is 33.3 Å². The van der Waals surface area contributed by atoms with Gasteiger partial charge >= 0.3 is 6.09 Å². The Labute approximate surface area is 179 Å². The molecule has 164 valence electrons. The average molecular weight is 428 g/mol. The highest BCUT2D eigenvalue weighted by Crippen LogP contribution is 2.40. The van der Waals surface area contributed by atoms with E-state index in [-0.39, 0.29) is 23.6 Å². The third-order valence-corrected chi connectivity index (χ3v) is 4.80. The monoisotopic (exact) mass is 428 g/mol. The molecule has 0 saturated heterocycles. The van der Waals surface area contributed by atoms with E-state index < -0.39 is 11.9 Å². The Morgan fingerprint density at radius 1 is 0.935 bits per heavy atom. The van der Waals surface area contributed by atoms with Crippen LogP contribution in [-0.2, 0) is 4.74 Å². The molecule has 0 aliphatic carbocycles. The number of carbonyl (C=O) groups excluding carboxylic acids is 2. The smallest absolute Gasteiger partial charge is 0.419 e.